The summed E-state index contributed by atoms with van der Waals surface area (Å²) < 4.78 is 18.2. The summed E-state index contributed by atoms with van der Waals surface area (Å²) in [6, 6.07) is 26.8. The van der Waals surface area contributed by atoms with Gasteiger partial charge in [0.05, 0.1) is 24.4 Å². The molecule has 1 atom stereocenters. The van der Waals surface area contributed by atoms with Gasteiger partial charge in [-0.3, -0.25) is 4.79 Å². The maximum absolute atomic E-state index is 13.4. The summed E-state index contributed by atoms with van der Waals surface area (Å²) in [4.78, 5) is 12.7. The first kappa shape index (κ1) is 19.9. The molecule has 0 bridgehead atoms. The molecule has 3 aromatic carbocycles. The molecule has 0 saturated carbocycles. The van der Waals surface area contributed by atoms with Crippen LogP contribution in [0.3, 0.4) is 0 Å². The average Bonchev–Trinajstić information content (AvgIpc) is 2.75. The lowest BCUT2D eigenvalue weighted by atomic mass is 10.00. The summed E-state index contributed by atoms with van der Waals surface area (Å²) in [5, 5.41) is 2.20. The van der Waals surface area contributed by atoms with E-state index in [1.165, 1.54) is 19.2 Å². The van der Waals surface area contributed by atoms with Crippen LogP contribution in [0.1, 0.15) is 17.5 Å². The molecule has 1 unspecified atom stereocenters. The summed E-state index contributed by atoms with van der Waals surface area (Å²) in [6.07, 6.45) is 0.310. The largest absolute Gasteiger partial charge is 0.469 e. The SMILES string of the molecule is COC(=O)CC[S+](C=C(c1ccccc1)c1ccccc1)c1ccc(F)cc1. The molecule has 142 valence electrons. The summed E-state index contributed by atoms with van der Waals surface area (Å²) in [6.45, 7) is 0. The summed E-state index contributed by atoms with van der Waals surface area (Å²) >= 11 is 0. The molecule has 0 fully saturated rings. The smallest absolute Gasteiger partial charge is 0.310 e. The van der Waals surface area contributed by atoms with Crippen LogP contribution in [0, 0.1) is 5.82 Å². The molecular formula is C24H22FO2S+. The fourth-order valence-corrected chi connectivity index (χ4v) is 4.75. The Balaban J connectivity index is 2.04. The normalized spacial score (nSPS) is 11.5. The van der Waals surface area contributed by atoms with E-state index in [9.17, 15) is 9.18 Å². The first-order chi connectivity index (χ1) is 13.7. The second-order valence-electron chi connectivity index (χ2n) is 6.18. The molecule has 0 aromatic heterocycles. The monoisotopic (exact) mass is 393 g/mol. The van der Waals surface area contributed by atoms with Crippen molar-refractivity contribution in [3.63, 3.8) is 0 Å². The van der Waals surface area contributed by atoms with Gasteiger partial charge in [0, 0.05) is 5.57 Å². The number of halogens is 1. The number of methoxy groups -OCH3 is 1. The van der Waals surface area contributed by atoms with Gasteiger partial charge in [0.25, 0.3) is 0 Å². The van der Waals surface area contributed by atoms with Gasteiger partial charge in [-0.15, -0.1) is 0 Å². The van der Waals surface area contributed by atoms with Crippen molar-refractivity contribution < 1.29 is 13.9 Å². The zero-order chi connectivity index (χ0) is 19.8. The zero-order valence-corrected chi connectivity index (χ0v) is 16.5. The zero-order valence-electron chi connectivity index (χ0n) is 15.7. The molecule has 3 rings (SSSR count). The van der Waals surface area contributed by atoms with Gasteiger partial charge in [-0.1, -0.05) is 60.7 Å². The Labute approximate surface area is 168 Å². The Morgan fingerprint density at radius 2 is 1.43 bits per heavy atom. The lowest BCUT2D eigenvalue weighted by Gasteiger charge is -2.10. The van der Waals surface area contributed by atoms with Crippen LogP contribution in [0.15, 0.2) is 95.2 Å². The van der Waals surface area contributed by atoms with Crippen LogP contribution in [0.2, 0.25) is 0 Å². The molecule has 2 nitrogen and oxygen atoms in total. The molecule has 0 N–H and O–H groups in total. The lowest BCUT2D eigenvalue weighted by Crippen LogP contribution is -2.12. The van der Waals surface area contributed by atoms with Crippen molar-refractivity contribution in [2.45, 2.75) is 11.3 Å². The van der Waals surface area contributed by atoms with E-state index in [1.807, 2.05) is 36.4 Å². The highest BCUT2D eigenvalue weighted by molar-refractivity contribution is 7.99. The van der Waals surface area contributed by atoms with Crippen molar-refractivity contribution in [2.24, 2.45) is 0 Å². The van der Waals surface area contributed by atoms with Crippen molar-refractivity contribution in [3.8, 4) is 0 Å². The second-order valence-corrected chi connectivity index (χ2v) is 8.15. The number of ether oxygens (including phenoxy) is 1. The quantitative estimate of drug-likeness (QED) is 0.394. The van der Waals surface area contributed by atoms with Gasteiger partial charge >= 0.3 is 5.97 Å². The molecule has 0 amide bonds. The number of carbonyl (C=O) groups excluding carboxylic acids is 1. The number of hydrogen-bond acceptors (Lipinski definition) is 2. The number of carbonyl (C=O) groups is 1. The minimum absolute atomic E-state index is 0.242. The van der Waals surface area contributed by atoms with Gasteiger partial charge in [-0.05, 0) is 35.4 Å². The van der Waals surface area contributed by atoms with Crippen LogP contribution in [-0.2, 0) is 20.4 Å². The average molecular weight is 394 g/mol. The van der Waals surface area contributed by atoms with Crippen LogP contribution in [0.5, 0.6) is 0 Å². The third-order valence-electron chi connectivity index (χ3n) is 4.30. The minimum atomic E-state index is -0.379. The van der Waals surface area contributed by atoms with E-state index in [0.29, 0.717) is 12.2 Å². The molecule has 4 heteroatoms. The van der Waals surface area contributed by atoms with E-state index < -0.39 is 0 Å². The van der Waals surface area contributed by atoms with Crippen LogP contribution in [0.25, 0.3) is 5.57 Å². The standard InChI is InChI=1S/C24H22FO2S/c1-27-24(26)16-17-28(22-14-12-21(25)13-15-22)18-23(19-8-4-2-5-9-19)20-10-6-3-7-11-20/h2-15,18H,16-17H2,1H3/q+1. The van der Waals surface area contributed by atoms with E-state index >= 15 is 0 Å². The van der Waals surface area contributed by atoms with Crippen molar-refractivity contribution in [2.75, 3.05) is 12.9 Å². The first-order valence-corrected chi connectivity index (χ1v) is 10.5. The molecule has 28 heavy (non-hydrogen) atoms. The Hall–Kier alpha value is -2.85. The van der Waals surface area contributed by atoms with Crippen LogP contribution >= 0.6 is 0 Å². The van der Waals surface area contributed by atoms with Gasteiger partial charge in [0.15, 0.2) is 4.90 Å². The number of benzene rings is 3. The molecule has 3 aromatic rings. The predicted octanol–water partition coefficient (Wildman–Crippen LogP) is 5.46. The van der Waals surface area contributed by atoms with Crippen molar-refractivity contribution in [1.82, 2.24) is 0 Å². The van der Waals surface area contributed by atoms with E-state index in [2.05, 4.69) is 29.7 Å². The van der Waals surface area contributed by atoms with E-state index in [1.54, 1.807) is 12.1 Å². The van der Waals surface area contributed by atoms with E-state index in [0.717, 1.165) is 21.6 Å². The predicted molar refractivity (Wildman–Crippen MR) is 113 cm³/mol. The van der Waals surface area contributed by atoms with Crippen LogP contribution in [-0.4, -0.2) is 18.8 Å². The fraction of sp³-hybridized carbons (Fsp3) is 0.125. The number of rotatable bonds is 7. The summed E-state index contributed by atoms with van der Waals surface area (Å²) in [5.41, 5.74) is 3.30. The second kappa shape index (κ2) is 9.90. The highest BCUT2D eigenvalue weighted by atomic mass is 32.2. The Morgan fingerprint density at radius 3 is 1.93 bits per heavy atom. The molecule has 0 radical (unpaired) electrons. The van der Waals surface area contributed by atoms with E-state index in [4.69, 9.17) is 4.74 Å². The Morgan fingerprint density at radius 1 is 0.893 bits per heavy atom. The van der Waals surface area contributed by atoms with Gasteiger partial charge in [-0.2, -0.15) is 0 Å². The van der Waals surface area contributed by atoms with Gasteiger partial charge in [0.1, 0.15) is 17.0 Å². The third-order valence-corrected chi connectivity index (χ3v) is 6.34. The molecule has 0 spiro atoms. The molecule has 0 aliphatic carbocycles. The maximum atomic E-state index is 13.4. The molecule has 0 heterocycles. The topological polar surface area (TPSA) is 26.3 Å². The summed E-state index contributed by atoms with van der Waals surface area (Å²) in [7, 11) is 1.02. The Bertz CT molecular complexity index is 880. The lowest BCUT2D eigenvalue weighted by molar-refractivity contribution is -0.140. The highest BCUT2D eigenvalue weighted by Gasteiger charge is 2.24. The molecular weight excluding hydrogens is 371 g/mol. The van der Waals surface area contributed by atoms with Gasteiger partial charge in [0.2, 0.25) is 0 Å². The fourth-order valence-electron chi connectivity index (χ4n) is 2.83. The van der Waals surface area contributed by atoms with Crippen molar-refractivity contribution in [1.29, 1.82) is 0 Å². The van der Waals surface area contributed by atoms with Gasteiger partial charge < -0.3 is 4.74 Å². The number of hydrogen-bond donors (Lipinski definition) is 0. The molecule has 0 aliphatic heterocycles. The highest BCUT2D eigenvalue weighted by Crippen LogP contribution is 2.28. The first-order valence-electron chi connectivity index (χ1n) is 9.02. The minimum Gasteiger partial charge on any atom is -0.469 e. The summed E-state index contributed by atoms with van der Waals surface area (Å²) in [5.74, 6) is 0.103. The number of esters is 1. The van der Waals surface area contributed by atoms with Crippen LogP contribution < -0.4 is 0 Å². The third kappa shape index (κ3) is 5.33. The van der Waals surface area contributed by atoms with Crippen LogP contribution in [0.4, 0.5) is 4.39 Å². The Kier molecular flexibility index (Phi) is 7.04. The molecule has 0 aliphatic rings. The van der Waals surface area contributed by atoms with Gasteiger partial charge in [-0.25, -0.2) is 4.39 Å². The molecule has 0 saturated heterocycles. The van der Waals surface area contributed by atoms with Crippen molar-refractivity contribution in [3.05, 3.63) is 107 Å². The van der Waals surface area contributed by atoms with Crippen molar-refractivity contribution >= 4 is 22.4 Å². The van der Waals surface area contributed by atoms with E-state index in [-0.39, 0.29) is 22.7 Å². The maximum Gasteiger partial charge on any atom is 0.310 e.